The molecule has 2 amide bonds. The van der Waals surface area contributed by atoms with Gasteiger partial charge >= 0.3 is 0 Å². The van der Waals surface area contributed by atoms with Crippen LogP contribution in [-0.2, 0) is 16.1 Å². The van der Waals surface area contributed by atoms with Gasteiger partial charge in [0.1, 0.15) is 11.2 Å². The van der Waals surface area contributed by atoms with E-state index < -0.39 is 5.41 Å². The monoisotopic (exact) mass is 447 g/mol. The van der Waals surface area contributed by atoms with Crippen LogP contribution < -0.4 is 20.1 Å². The van der Waals surface area contributed by atoms with Gasteiger partial charge in [-0.15, -0.1) is 0 Å². The molecule has 33 heavy (non-hydrogen) atoms. The molecule has 0 radical (unpaired) electrons. The fraction of sp³-hybridized carbons (Fsp3) is 0.346. The van der Waals surface area contributed by atoms with Crippen molar-refractivity contribution in [1.82, 2.24) is 4.57 Å². The molecule has 0 saturated carbocycles. The molecule has 0 spiro atoms. The lowest BCUT2D eigenvalue weighted by atomic mass is 9.90. The third-order valence-corrected chi connectivity index (χ3v) is 6.23. The van der Waals surface area contributed by atoms with Gasteiger partial charge in [0, 0.05) is 32.3 Å². The highest BCUT2D eigenvalue weighted by Crippen LogP contribution is 2.40. The molecular formula is C26H29N3O4. The molecule has 7 heteroatoms. The first-order valence-electron chi connectivity index (χ1n) is 11.2. The van der Waals surface area contributed by atoms with E-state index in [0.29, 0.717) is 43.2 Å². The number of amides is 2. The van der Waals surface area contributed by atoms with Crippen molar-refractivity contribution in [3.8, 4) is 5.75 Å². The van der Waals surface area contributed by atoms with Gasteiger partial charge in [-0.3, -0.25) is 14.4 Å². The molecule has 0 atom stereocenters. The van der Waals surface area contributed by atoms with Crippen LogP contribution in [0.4, 0.5) is 11.4 Å². The van der Waals surface area contributed by atoms with Crippen molar-refractivity contribution < 1.29 is 14.3 Å². The number of hydrogen-bond donors (Lipinski definition) is 0. The highest BCUT2D eigenvalue weighted by Gasteiger charge is 2.45. The fourth-order valence-electron chi connectivity index (χ4n) is 4.36. The Hall–Kier alpha value is -3.61. The Morgan fingerprint density at radius 2 is 1.67 bits per heavy atom. The minimum Gasteiger partial charge on any atom is -0.493 e. The van der Waals surface area contributed by atoms with Crippen LogP contribution in [0.15, 0.2) is 59.4 Å². The predicted molar refractivity (Wildman–Crippen MR) is 130 cm³/mol. The van der Waals surface area contributed by atoms with Crippen molar-refractivity contribution in [1.29, 1.82) is 0 Å². The first-order valence-corrected chi connectivity index (χ1v) is 11.2. The van der Waals surface area contributed by atoms with E-state index in [4.69, 9.17) is 4.74 Å². The molecule has 3 aromatic rings. The zero-order valence-electron chi connectivity index (χ0n) is 19.5. The lowest BCUT2D eigenvalue weighted by Gasteiger charge is -2.27. The van der Waals surface area contributed by atoms with Gasteiger partial charge in [-0.1, -0.05) is 18.2 Å². The molecule has 0 N–H and O–H groups in total. The van der Waals surface area contributed by atoms with Crippen molar-refractivity contribution in [2.45, 2.75) is 33.7 Å². The van der Waals surface area contributed by atoms with E-state index in [1.807, 2.05) is 49.4 Å². The number of carbonyl (C=O) groups excluding carboxylic acids is 2. The SMILES string of the molecule is CCN1C(=O)C(C)(C)C(=O)N(C)c2cc(OCCCn3c(=O)ccc4ccccc43)ccc21. The zero-order chi connectivity index (χ0) is 23.8. The Morgan fingerprint density at radius 1 is 0.909 bits per heavy atom. The van der Waals surface area contributed by atoms with Crippen molar-refractivity contribution in [2.24, 2.45) is 5.41 Å². The van der Waals surface area contributed by atoms with Gasteiger partial charge in [0.15, 0.2) is 0 Å². The number of para-hydroxylation sites is 1. The van der Waals surface area contributed by atoms with Crippen LogP contribution in [0.3, 0.4) is 0 Å². The molecule has 1 aliphatic heterocycles. The Balaban J connectivity index is 1.51. The normalized spacial score (nSPS) is 15.5. The number of ether oxygens (including phenoxy) is 1. The fourth-order valence-corrected chi connectivity index (χ4v) is 4.36. The summed E-state index contributed by atoms with van der Waals surface area (Å²) in [6.45, 7) is 6.64. The summed E-state index contributed by atoms with van der Waals surface area (Å²) < 4.78 is 7.72. The van der Waals surface area contributed by atoms with Gasteiger partial charge in [-0.05, 0) is 56.8 Å². The average molecular weight is 448 g/mol. The summed E-state index contributed by atoms with van der Waals surface area (Å²) in [6.07, 6.45) is 0.645. The number of pyridine rings is 1. The average Bonchev–Trinajstić information content (AvgIpc) is 2.87. The molecular weight excluding hydrogens is 418 g/mol. The summed E-state index contributed by atoms with van der Waals surface area (Å²) in [4.78, 5) is 41.5. The summed E-state index contributed by atoms with van der Waals surface area (Å²) in [6, 6.07) is 16.7. The van der Waals surface area contributed by atoms with Gasteiger partial charge in [0.05, 0.1) is 23.5 Å². The van der Waals surface area contributed by atoms with Gasteiger partial charge in [-0.2, -0.15) is 0 Å². The lowest BCUT2D eigenvalue weighted by Crippen LogP contribution is -2.47. The molecule has 0 bridgehead atoms. The molecule has 0 aliphatic carbocycles. The molecule has 2 aromatic carbocycles. The van der Waals surface area contributed by atoms with Gasteiger partial charge in [-0.25, -0.2) is 0 Å². The summed E-state index contributed by atoms with van der Waals surface area (Å²) in [5.74, 6) is 0.147. The summed E-state index contributed by atoms with van der Waals surface area (Å²) in [5, 5.41) is 1.02. The van der Waals surface area contributed by atoms with Gasteiger partial charge in [0.2, 0.25) is 11.8 Å². The Labute approximate surface area is 193 Å². The van der Waals surface area contributed by atoms with Gasteiger partial charge in [0.25, 0.3) is 5.56 Å². The van der Waals surface area contributed by atoms with E-state index in [9.17, 15) is 14.4 Å². The highest BCUT2D eigenvalue weighted by atomic mass is 16.5. The van der Waals surface area contributed by atoms with E-state index in [1.54, 1.807) is 42.5 Å². The van der Waals surface area contributed by atoms with Crippen LogP contribution in [-0.4, -0.2) is 36.6 Å². The van der Waals surface area contributed by atoms with Crippen LogP contribution in [0, 0.1) is 5.41 Å². The number of rotatable bonds is 6. The molecule has 1 aromatic heterocycles. The number of benzene rings is 2. The number of nitrogens with zero attached hydrogens (tertiary/aromatic N) is 3. The predicted octanol–water partition coefficient (Wildman–Crippen LogP) is 3.83. The van der Waals surface area contributed by atoms with Crippen LogP contribution in [0.1, 0.15) is 27.2 Å². The van der Waals surface area contributed by atoms with E-state index >= 15 is 0 Å². The van der Waals surface area contributed by atoms with Crippen molar-refractivity contribution in [3.63, 3.8) is 0 Å². The summed E-state index contributed by atoms with van der Waals surface area (Å²) in [7, 11) is 1.69. The zero-order valence-corrected chi connectivity index (χ0v) is 19.5. The first-order chi connectivity index (χ1) is 15.8. The second-order valence-electron chi connectivity index (χ2n) is 8.77. The number of aromatic nitrogens is 1. The molecule has 4 rings (SSSR count). The van der Waals surface area contributed by atoms with Crippen LogP contribution in [0.5, 0.6) is 5.75 Å². The molecule has 0 fully saturated rings. The Morgan fingerprint density at radius 3 is 2.42 bits per heavy atom. The largest absolute Gasteiger partial charge is 0.493 e. The highest BCUT2D eigenvalue weighted by molar-refractivity contribution is 6.20. The molecule has 0 saturated heterocycles. The molecule has 0 unspecified atom stereocenters. The number of fused-ring (bicyclic) bond motifs is 2. The van der Waals surface area contributed by atoms with Gasteiger partial charge < -0.3 is 19.1 Å². The lowest BCUT2D eigenvalue weighted by molar-refractivity contribution is -0.137. The second kappa shape index (κ2) is 8.73. The van der Waals surface area contributed by atoms with Crippen LogP contribution >= 0.6 is 0 Å². The third-order valence-electron chi connectivity index (χ3n) is 6.23. The maximum atomic E-state index is 13.0. The molecule has 7 nitrogen and oxygen atoms in total. The smallest absolute Gasteiger partial charge is 0.251 e. The summed E-state index contributed by atoms with van der Waals surface area (Å²) >= 11 is 0. The molecule has 2 heterocycles. The topological polar surface area (TPSA) is 71.9 Å². The van der Waals surface area contributed by atoms with Crippen LogP contribution in [0.25, 0.3) is 10.9 Å². The van der Waals surface area contributed by atoms with Crippen molar-refractivity contribution in [3.05, 3.63) is 65.0 Å². The quantitative estimate of drug-likeness (QED) is 0.425. The van der Waals surface area contributed by atoms with Crippen LogP contribution in [0.2, 0.25) is 0 Å². The molecule has 1 aliphatic rings. The van der Waals surface area contributed by atoms with E-state index in [1.165, 1.54) is 4.90 Å². The number of carbonyl (C=O) groups is 2. The Kier molecular flexibility index (Phi) is 5.97. The third kappa shape index (κ3) is 3.99. The number of anilines is 2. The van der Waals surface area contributed by atoms with Crippen molar-refractivity contribution in [2.75, 3.05) is 30.0 Å². The Bertz CT molecular complexity index is 1280. The minimum atomic E-state index is -1.14. The van der Waals surface area contributed by atoms with Crippen molar-refractivity contribution >= 4 is 34.1 Å². The molecule has 172 valence electrons. The maximum Gasteiger partial charge on any atom is 0.251 e. The van der Waals surface area contributed by atoms with E-state index in [-0.39, 0.29) is 17.4 Å². The first kappa shape index (κ1) is 22.6. The number of aryl methyl sites for hydroxylation is 1. The second-order valence-corrected chi connectivity index (χ2v) is 8.77. The van der Waals surface area contributed by atoms with E-state index in [2.05, 4.69) is 0 Å². The summed E-state index contributed by atoms with van der Waals surface area (Å²) in [5.41, 5.74) is 1.06. The standard InChI is InChI=1S/C26H29N3O4/c1-5-28-21-13-12-19(17-22(21)27(4)24(31)26(2,3)25(28)32)33-16-8-15-29-20-10-7-6-9-18(20)11-14-23(29)30/h6-7,9-14,17H,5,8,15-16H2,1-4H3. The minimum absolute atomic E-state index is 0.0363. The maximum absolute atomic E-state index is 13.0. The van der Waals surface area contributed by atoms with E-state index in [0.717, 1.165) is 10.9 Å². The number of hydrogen-bond acceptors (Lipinski definition) is 4.